The second-order valence-electron chi connectivity index (χ2n) is 8.96. The second kappa shape index (κ2) is 7.12. The summed E-state index contributed by atoms with van der Waals surface area (Å²) in [5.74, 6) is -2.18. The molecule has 1 fully saturated rings. The molecule has 4 aliphatic rings. The number of amides is 2. The van der Waals surface area contributed by atoms with Gasteiger partial charge in [-0.15, -0.1) is 11.3 Å². The molecule has 2 amide bonds. The molecular formula is C27H23NO4S. The number of ether oxygens (including phenoxy) is 1. The maximum absolute atomic E-state index is 14.0. The first-order chi connectivity index (χ1) is 16.0. The van der Waals surface area contributed by atoms with Crippen LogP contribution < -0.4 is 4.90 Å². The van der Waals surface area contributed by atoms with Gasteiger partial charge in [0.1, 0.15) is 5.00 Å². The summed E-state index contributed by atoms with van der Waals surface area (Å²) in [4.78, 5) is 43.0. The van der Waals surface area contributed by atoms with Crippen LogP contribution in [-0.2, 0) is 14.3 Å². The van der Waals surface area contributed by atoms with E-state index in [1.807, 2.05) is 38.1 Å². The lowest BCUT2D eigenvalue weighted by atomic mass is 9.55. The number of thiophene rings is 1. The van der Waals surface area contributed by atoms with E-state index in [4.69, 9.17) is 4.74 Å². The third kappa shape index (κ3) is 2.55. The molecule has 1 aromatic heterocycles. The number of carbonyl (C=O) groups is 3. The zero-order chi connectivity index (χ0) is 23.0. The summed E-state index contributed by atoms with van der Waals surface area (Å²) in [7, 11) is 0. The van der Waals surface area contributed by atoms with Gasteiger partial charge in [-0.25, -0.2) is 9.69 Å². The Kier molecular flexibility index (Phi) is 4.40. The van der Waals surface area contributed by atoms with Crippen LogP contribution in [0.2, 0.25) is 0 Å². The van der Waals surface area contributed by atoms with Gasteiger partial charge >= 0.3 is 5.97 Å². The first-order valence-electron chi connectivity index (χ1n) is 11.3. The van der Waals surface area contributed by atoms with E-state index in [2.05, 4.69) is 24.3 Å². The lowest BCUT2D eigenvalue weighted by Crippen LogP contribution is -2.41. The summed E-state index contributed by atoms with van der Waals surface area (Å²) in [5.41, 5.74) is 5.63. The van der Waals surface area contributed by atoms with Crippen molar-refractivity contribution < 1.29 is 19.1 Å². The van der Waals surface area contributed by atoms with Crippen molar-refractivity contribution >= 4 is 34.1 Å². The minimum absolute atomic E-state index is 0.165. The molecule has 2 heterocycles. The molecule has 33 heavy (non-hydrogen) atoms. The number of benzene rings is 2. The number of imide groups is 1. The van der Waals surface area contributed by atoms with E-state index in [1.165, 1.54) is 16.2 Å². The average molecular weight is 458 g/mol. The number of carbonyl (C=O) groups excluding carboxylic acids is 3. The molecule has 0 N–H and O–H groups in total. The van der Waals surface area contributed by atoms with Gasteiger partial charge < -0.3 is 4.74 Å². The van der Waals surface area contributed by atoms with Crippen LogP contribution in [0.5, 0.6) is 0 Å². The van der Waals surface area contributed by atoms with E-state index >= 15 is 0 Å². The lowest BCUT2D eigenvalue weighted by molar-refractivity contribution is -0.122. The molecule has 2 atom stereocenters. The first kappa shape index (κ1) is 20.4. The Labute approximate surface area is 196 Å². The molecule has 166 valence electrons. The molecule has 2 bridgehead atoms. The predicted octanol–water partition coefficient (Wildman–Crippen LogP) is 4.94. The second-order valence-corrected chi connectivity index (χ2v) is 10.2. The number of anilines is 1. The van der Waals surface area contributed by atoms with Crippen LogP contribution >= 0.6 is 11.3 Å². The highest BCUT2D eigenvalue weighted by Crippen LogP contribution is 2.61. The minimum atomic E-state index is -0.487. The van der Waals surface area contributed by atoms with E-state index in [-0.39, 0.29) is 30.3 Å². The zero-order valence-corrected chi connectivity index (χ0v) is 19.4. The summed E-state index contributed by atoms with van der Waals surface area (Å²) >= 11 is 1.32. The highest BCUT2D eigenvalue weighted by atomic mass is 32.1. The van der Waals surface area contributed by atoms with Crippen LogP contribution in [0.1, 0.15) is 61.8 Å². The molecular weight excluding hydrogens is 434 g/mol. The van der Waals surface area contributed by atoms with Gasteiger partial charge in [0.05, 0.1) is 24.0 Å². The Morgan fingerprint density at radius 3 is 1.76 bits per heavy atom. The maximum Gasteiger partial charge on any atom is 0.341 e. The van der Waals surface area contributed by atoms with E-state index in [9.17, 15) is 14.4 Å². The standard InChI is InChI=1S/C27H23NO4S/c1-4-32-27(31)19-13(2)14(3)33-26(19)28-24(29)22-20-15-9-5-6-10-16(15)21(23(22)25(28)30)18-12-8-7-11-17(18)20/h5-12,20-23H,4H2,1-3H3/t20?,21?,22-,23-/m1/s1. The zero-order valence-electron chi connectivity index (χ0n) is 18.6. The Morgan fingerprint density at radius 2 is 1.33 bits per heavy atom. The molecule has 7 rings (SSSR count). The summed E-state index contributed by atoms with van der Waals surface area (Å²) in [5, 5.41) is 0.403. The van der Waals surface area contributed by atoms with Gasteiger partial charge in [-0.2, -0.15) is 0 Å². The van der Waals surface area contributed by atoms with Gasteiger partial charge in [-0.1, -0.05) is 48.5 Å². The van der Waals surface area contributed by atoms with Crippen LogP contribution in [0.25, 0.3) is 0 Å². The van der Waals surface area contributed by atoms with Crippen molar-refractivity contribution in [3.8, 4) is 0 Å². The molecule has 0 spiro atoms. The fourth-order valence-corrected chi connectivity index (χ4v) is 7.24. The molecule has 0 radical (unpaired) electrons. The molecule has 0 unspecified atom stereocenters. The van der Waals surface area contributed by atoms with E-state index < -0.39 is 17.8 Å². The maximum atomic E-state index is 14.0. The lowest BCUT2D eigenvalue weighted by Gasteiger charge is -2.45. The number of esters is 1. The molecule has 3 aliphatic carbocycles. The third-order valence-corrected chi connectivity index (χ3v) is 8.69. The summed E-state index contributed by atoms with van der Waals surface area (Å²) < 4.78 is 5.29. The van der Waals surface area contributed by atoms with Crippen molar-refractivity contribution in [1.29, 1.82) is 0 Å². The third-order valence-electron chi connectivity index (χ3n) is 7.50. The number of hydrogen-bond acceptors (Lipinski definition) is 5. The van der Waals surface area contributed by atoms with Gasteiger partial charge in [-0.05, 0) is 48.6 Å². The Hall–Kier alpha value is -3.25. The molecule has 3 aromatic rings. The van der Waals surface area contributed by atoms with Crippen molar-refractivity contribution in [2.24, 2.45) is 11.8 Å². The fourth-order valence-electron chi connectivity index (χ4n) is 6.09. The molecule has 1 saturated heterocycles. The van der Waals surface area contributed by atoms with Gasteiger partial charge in [0.15, 0.2) is 0 Å². The normalized spacial score (nSPS) is 24.5. The largest absolute Gasteiger partial charge is 0.462 e. The molecule has 2 aromatic carbocycles. The number of nitrogens with zero attached hydrogens (tertiary/aromatic N) is 1. The topological polar surface area (TPSA) is 63.7 Å². The summed E-state index contributed by atoms with van der Waals surface area (Å²) in [6.07, 6.45) is 0. The summed E-state index contributed by atoms with van der Waals surface area (Å²) in [6.45, 7) is 5.72. The van der Waals surface area contributed by atoms with Crippen LogP contribution in [0.3, 0.4) is 0 Å². The van der Waals surface area contributed by atoms with Gasteiger partial charge in [0.25, 0.3) is 0 Å². The van der Waals surface area contributed by atoms with Crippen LogP contribution in [-0.4, -0.2) is 24.4 Å². The predicted molar refractivity (Wildman–Crippen MR) is 126 cm³/mol. The Morgan fingerprint density at radius 1 is 0.879 bits per heavy atom. The van der Waals surface area contributed by atoms with Crippen molar-refractivity contribution in [3.05, 3.63) is 86.8 Å². The first-order valence-corrected chi connectivity index (χ1v) is 12.1. The summed E-state index contributed by atoms with van der Waals surface area (Å²) in [6, 6.07) is 16.3. The van der Waals surface area contributed by atoms with E-state index in [1.54, 1.807) is 6.92 Å². The van der Waals surface area contributed by atoms with Crippen LogP contribution in [0.15, 0.2) is 48.5 Å². The molecule has 6 heteroatoms. The fraction of sp³-hybridized carbons (Fsp3) is 0.296. The van der Waals surface area contributed by atoms with Crippen LogP contribution in [0.4, 0.5) is 5.00 Å². The molecule has 0 saturated carbocycles. The van der Waals surface area contributed by atoms with E-state index in [0.717, 1.165) is 32.7 Å². The number of hydrogen-bond donors (Lipinski definition) is 0. The SMILES string of the molecule is CCOC(=O)c1c(N2C(=O)[C@@H]3C4c5ccccc5C(c5ccccc54)[C@H]3C2=O)sc(C)c1C. The van der Waals surface area contributed by atoms with Crippen molar-refractivity contribution in [3.63, 3.8) is 0 Å². The Bertz CT molecular complexity index is 1240. The van der Waals surface area contributed by atoms with Crippen molar-refractivity contribution in [2.45, 2.75) is 32.6 Å². The quantitative estimate of drug-likeness (QED) is 0.413. The minimum Gasteiger partial charge on any atom is -0.462 e. The highest BCUT2D eigenvalue weighted by molar-refractivity contribution is 7.17. The van der Waals surface area contributed by atoms with Crippen molar-refractivity contribution in [2.75, 3.05) is 11.5 Å². The van der Waals surface area contributed by atoms with Crippen molar-refractivity contribution in [1.82, 2.24) is 0 Å². The smallest absolute Gasteiger partial charge is 0.341 e. The molecule has 5 nitrogen and oxygen atoms in total. The highest BCUT2D eigenvalue weighted by Gasteiger charge is 2.62. The Balaban J connectivity index is 1.54. The van der Waals surface area contributed by atoms with Gasteiger partial charge in [0, 0.05) is 16.7 Å². The number of rotatable bonds is 3. The average Bonchev–Trinajstić information content (AvgIpc) is 3.26. The number of aryl methyl sites for hydroxylation is 1. The van der Waals surface area contributed by atoms with E-state index in [0.29, 0.717) is 10.6 Å². The van der Waals surface area contributed by atoms with Gasteiger partial charge in [-0.3, -0.25) is 9.59 Å². The molecule has 1 aliphatic heterocycles. The van der Waals surface area contributed by atoms with Crippen LogP contribution in [0, 0.1) is 25.7 Å². The monoisotopic (exact) mass is 457 g/mol. The van der Waals surface area contributed by atoms with Gasteiger partial charge in [0.2, 0.25) is 11.8 Å².